The molecule has 1 heterocycles. The van der Waals surface area contributed by atoms with Gasteiger partial charge < -0.3 is 19.7 Å². The fourth-order valence-corrected chi connectivity index (χ4v) is 2.73. The molecule has 26 heavy (non-hydrogen) atoms. The quantitative estimate of drug-likeness (QED) is 0.633. The number of benzene rings is 1. The summed E-state index contributed by atoms with van der Waals surface area (Å²) < 4.78 is 10.7. The van der Waals surface area contributed by atoms with Gasteiger partial charge >= 0.3 is 5.97 Å². The molecule has 1 fully saturated rings. The predicted octanol–water partition coefficient (Wildman–Crippen LogP) is 1.34. The normalized spacial score (nSPS) is 20.4. The molecule has 7 heteroatoms. The second kappa shape index (κ2) is 9.15. The van der Waals surface area contributed by atoms with E-state index in [1.807, 2.05) is 32.0 Å². The standard InChI is InChI=1S/C19H24N2O5/c1-13-10-21(11-14(2)26-13)18(23)12-25-19(24)17(20-15(3)22)9-16-7-5-4-6-8-16/h4-9,13-14H,10-12H2,1-3H3,(H,20,22)/b17-9-/t13-,14+. The van der Waals surface area contributed by atoms with E-state index >= 15 is 0 Å². The fraction of sp³-hybridized carbons (Fsp3) is 0.421. The van der Waals surface area contributed by atoms with Crippen molar-refractivity contribution in [2.75, 3.05) is 19.7 Å². The zero-order valence-electron chi connectivity index (χ0n) is 15.2. The van der Waals surface area contributed by atoms with Crippen molar-refractivity contribution in [1.29, 1.82) is 0 Å². The van der Waals surface area contributed by atoms with Crippen molar-refractivity contribution in [2.45, 2.75) is 33.0 Å². The number of hydrogen-bond acceptors (Lipinski definition) is 5. The smallest absolute Gasteiger partial charge is 0.355 e. The number of hydrogen-bond donors (Lipinski definition) is 1. The number of carbonyl (C=O) groups excluding carboxylic acids is 3. The average Bonchev–Trinajstić information content (AvgIpc) is 2.58. The van der Waals surface area contributed by atoms with Gasteiger partial charge in [0.15, 0.2) is 6.61 Å². The minimum atomic E-state index is -0.758. The lowest BCUT2D eigenvalue weighted by Gasteiger charge is -2.35. The molecule has 0 saturated carbocycles. The zero-order chi connectivity index (χ0) is 19.1. The van der Waals surface area contributed by atoms with E-state index in [0.717, 1.165) is 5.56 Å². The van der Waals surface area contributed by atoms with Crippen molar-refractivity contribution in [3.63, 3.8) is 0 Å². The van der Waals surface area contributed by atoms with Crippen molar-refractivity contribution >= 4 is 23.9 Å². The Morgan fingerprint density at radius 1 is 1.19 bits per heavy atom. The molecule has 0 bridgehead atoms. The van der Waals surface area contributed by atoms with Crippen LogP contribution in [0.3, 0.4) is 0 Å². The van der Waals surface area contributed by atoms with Gasteiger partial charge in [-0.1, -0.05) is 30.3 Å². The maximum atomic E-state index is 12.3. The minimum absolute atomic E-state index is 0.0137. The highest BCUT2D eigenvalue weighted by molar-refractivity contribution is 5.98. The van der Waals surface area contributed by atoms with Crippen LogP contribution in [-0.2, 0) is 23.9 Å². The lowest BCUT2D eigenvalue weighted by molar-refractivity contribution is -0.155. The molecule has 2 atom stereocenters. The van der Waals surface area contributed by atoms with Crippen LogP contribution >= 0.6 is 0 Å². The molecule has 1 N–H and O–H groups in total. The second-order valence-corrected chi connectivity index (χ2v) is 6.28. The Kier molecular flexibility index (Phi) is 6.91. The fourth-order valence-electron chi connectivity index (χ4n) is 2.73. The Hall–Kier alpha value is -2.67. The van der Waals surface area contributed by atoms with E-state index < -0.39 is 11.9 Å². The van der Waals surface area contributed by atoms with Gasteiger partial charge in [0.1, 0.15) is 5.70 Å². The Balaban J connectivity index is 1.99. The summed E-state index contributed by atoms with van der Waals surface area (Å²) in [5.74, 6) is -1.44. The van der Waals surface area contributed by atoms with Crippen molar-refractivity contribution in [1.82, 2.24) is 10.2 Å². The number of ether oxygens (including phenoxy) is 2. The van der Waals surface area contributed by atoms with Crippen LogP contribution in [0.2, 0.25) is 0 Å². The van der Waals surface area contributed by atoms with Crippen LogP contribution in [0.5, 0.6) is 0 Å². The van der Waals surface area contributed by atoms with E-state index in [-0.39, 0.29) is 30.4 Å². The number of carbonyl (C=O) groups is 3. The predicted molar refractivity (Wildman–Crippen MR) is 95.8 cm³/mol. The maximum absolute atomic E-state index is 12.3. The third-order valence-corrected chi connectivity index (χ3v) is 3.74. The highest BCUT2D eigenvalue weighted by Gasteiger charge is 2.26. The van der Waals surface area contributed by atoms with Gasteiger partial charge in [-0.05, 0) is 25.5 Å². The van der Waals surface area contributed by atoms with Crippen LogP contribution in [0.25, 0.3) is 6.08 Å². The molecule has 0 aromatic heterocycles. The maximum Gasteiger partial charge on any atom is 0.355 e. The van der Waals surface area contributed by atoms with Crippen molar-refractivity contribution in [3.8, 4) is 0 Å². The van der Waals surface area contributed by atoms with Crippen LogP contribution in [0.4, 0.5) is 0 Å². The summed E-state index contributed by atoms with van der Waals surface area (Å²) in [6.45, 7) is 5.61. The molecule has 1 aromatic rings. The van der Waals surface area contributed by atoms with Crippen LogP contribution in [0, 0.1) is 0 Å². The lowest BCUT2D eigenvalue weighted by Crippen LogP contribution is -2.49. The first-order chi connectivity index (χ1) is 12.3. The number of rotatable bonds is 5. The van der Waals surface area contributed by atoms with Gasteiger partial charge in [0.2, 0.25) is 5.91 Å². The summed E-state index contributed by atoms with van der Waals surface area (Å²) in [4.78, 5) is 37.6. The van der Waals surface area contributed by atoms with Crippen molar-refractivity contribution in [3.05, 3.63) is 41.6 Å². The SMILES string of the molecule is CC(=O)N/C(=C\c1ccccc1)C(=O)OCC(=O)N1C[C@@H](C)O[C@@H](C)C1. The first kappa shape index (κ1) is 19.7. The molecule has 1 saturated heterocycles. The molecule has 0 radical (unpaired) electrons. The van der Waals surface area contributed by atoms with E-state index in [9.17, 15) is 14.4 Å². The number of morpholine rings is 1. The molecule has 1 aliphatic heterocycles. The van der Waals surface area contributed by atoms with Gasteiger partial charge in [-0.2, -0.15) is 0 Å². The van der Waals surface area contributed by atoms with Gasteiger partial charge in [0.05, 0.1) is 12.2 Å². The van der Waals surface area contributed by atoms with Crippen LogP contribution in [-0.4, -0.2) is 54.6 Å². The molecule has 0 unspecified atom stereocenters. The van der Waals surface area contributed by atoms with E-state index in [1.54, 1.807) is 17.0 Å². The van der Waals surface area contributed by atoms with Gasteiger partial charge in [-0.15, -0.1) is 0 Å². The third-order valence-electron chi connectivity index (χ3n) is 3.74. The molecule has 1 aliphatic rings. The average molecular weight is 360 g/mol. The molecular weight excluding hydrogens is 336 g/mol. The number of amides is 2. The first-order valence-electron chi connectivity index (χ1n) is 8.50. The largest absolute Gasteiger partial charge is 0.451 e. The topological polar surface area (TPSA) is 84.9 Å². The monoisotopic (exact) mass is 360 g/mol. The van der Waals surface area contributed by atoms with Crippen LogP contribution < -0.4 is 5.32 Å². The van der Waals surface area contributed by atoms with Crippen LogP contribution in [0.15, 0.2) is 36.0 Å². The second-order valence-electron chi connectivity index (χ2n) is 6.28. The number of esters is 1. The van der Waals surface area contributed by atoms with Crippen LogP contribution in [0.1, 0.15) is 26.3 Å². The van der Waals surface area contributed by atoms with Gasteiger partial charge in [-0.25, -0.2) is 4.79 Å². The molecule has 0 aliphatic carbocycles. The highest BCUT2D eigenvalue weighted by atomic mass is 16.5. The molecule has 1 aromatic carbocycles. The lowest BCUT2D eigenvalue weighted by atomic mass is 10.2. The molecule has 2 rings (SSSR count). The van der Waals surface area contributed by atoms with E-state index in [4.69, 9.17) is 9.47 Å². The van der Waals surface area contributed by atoms with E-state index in [1.165, 1.54) is 13.0 Å². The summed E-state index contributed by atoms with van der Waals surface area (Å²) >= 11 is 0. The Morgan fingerprint density at radius 2 is 1.81 bits per heavy atom. The van der Waals surface area contributed by atoms with E-state index in [0.29, 0.717) is 13.1 Å². The summed E-state index contributed by atoms with van der Waals surface area (Å²) in [6, 6.07) is 9.05. The molecule has 7 nitrogen and oxygen atoms in total. The van der Waals surface area contributed by atoms with Crippen molar-refractivity contribution < 1.29 is 23.9 Å². The van der Waals surface area contributed by atoms with Crippen molar-refractivity contribution in [2.24, 2.45) is 0 Å². The van der Waals surface area contributed by atoms with Gasteiger partial charge in [0.25, 0.3) is 5.91 Å². The summed E-state index contributed by atoms with van der Waals surface area (Å²) in [6.07, 6.45) is 1.38. The summed E-state index contributed by atoms with van der Waals surface area (Å²) in [7, 11) is 0. The molecular formula is C19H24N2O5. The minimum Gasteiger partial charge on any atom is -0.451 e. The van der Waals surface area contributed by atoms with Gasteiger partial charge in [-0.3, -0.25) is 9.59 Å². The Morgan fingerprint density at radius 3 is 2.38 bits per heavy atom. The Labute approximate surface area is 153 Å². The van der Waals surface area contributed by atoms with Gasteiger partial charge in [0, 0.05) is 20.0 Å². The number of nitrogens with zero attached hydrogens (tertiary/aromatic N) is 1. The zero-order valence-corrected chi connectivity index (χ0v) is 15.2. The summed E-state index contributed by atoms with van der Waals surface area (Å²) in [5.41, 5.74) is 0.718. The molecule has 0 spiro atoms. The van der Waals surface area contributed by atoms with E-state index in [2.05, 4.69) is 5.32 Å². The first-order valence-corrected chi connectivity index (χ1v) is 8.50. The highest BCUT2D eigenvalue weighted by Crippen LogP contribution is 2.11. The number of nitrogens with one attached hydrogen (secondary N) is 1. The summed E-state index contributed by atoms with van der Waals surface area (Å²) in [5, 5.41) is 2.45. The molecule has 140 valence electrons. The Bertz CT molecular complexity index is 676. The third kappa shape index (κ3) is 6.00. The molecule has 2 amide bonds.